The van der Waals surface area contributed by atoms with Crippen molar-refractivity contribution in [3.8, 4) is 0 Å². The number of nitrogens with zero attached hydrogens (tertiary/aromatic N) is 2. The zero-order valence-electron chi connectivity index (χ0n) is 7.86. The predicted octanol–water partition coefficient (Wildman–Crippen LogP) is 1.29. The van der Waals surface area contributed by atoms with Crippen LogP contribution in [0.2, 0.25) is 5.02 Å². The van der Waals surface area contributed by atoms with E-state index in [0.717, 1.165) is 6.42 Å². The normalized spacial score (nSPS) is 21.4. The Hall–Kier alpha value is -0.870. The highest BCUT2D eigenvalue weighted by Crippen LogP contribution is 2.22. The summed E-state index contributed by atoms with van der Waals surface area (Å²) in [7, 11) is 1.72. The molecule has 1 atom stereocenters. The lowest BCUT2D eigenvalue weighted by molar-refractivity contribution is 0.0891. The van der Waals surface area contributed by atoms with Gasteiger partial charge < -0.3 is 4.74 Å². The van der Waals surface area contributed by atoms with Crippen LogP contribution in [0, 0.1) is 5.92 Å². The molecule has 76 valence electrons. The molecule has 0 amide bonds. The molecule has 4 nitrogen and oxygen atoms in total. The van der Waals surface area contributed by atoms with Crippen molar-refractivity contribution in [2.45, 2.75) is 6.42 Å². The number of hydrogen-bond acceptors (Lipinski definition) is 3. The van der Waals surface area contributed by atoms with Crippen molar-refractivity contribution >= 4 is 17.4 Å². The molecule has 0 radical (unpaired) electrons. The molecular weight excluding hydrogens is 204 g/mol. The zero-order valence-corrected chi connectivity index (χ0v) is 8.62. The van der Waals surface area contributed by atoms with E-state index in [9.17, 15) is 4.79 Å². The van der Waals surface area contributed by atoms with Gasteiger partial charge in [0.05, 0.1) is 17.8 Å². The first kappa shape index (κ1) is 9.68. The maximum absolute atomic E-state index is 11.9. The Morgan fingerprint density at radius 3 is 3.07 bits per heavy atom. The van der Waals surface area contributed by atoms with E-state index in [-0.39, 0.29) is 11.7 Å². The highest BCUT2D eigenvalue weighted by atomic mass is 35.5. The maximum atomic E-state index is 11.9. The summed E-state index contributed by atoms with van der Waals surface area (Å²) in [5, 5.41) is 4.35. The fraction of sp³-hybridized carbons (Fsp3) is 0.556. The van der Waals surface area contributed by atoms with Crippen molar-refractivity contribution in [2.75, 3.05) is 13.2 Å². The molecule has 0 aliphatic carbocycles. The van der Waals surface area contributed by atoms with E-state index in [1.165, 1.54) is 10.9 Å². The van der Waals surface area contributed by atoms with E-state index < -0.39 is 0 Å². The number of rotatable bonds is 2. The monoisotopic (exact) mass is 214 g/mol. The number of Topliss-reactive ketones (excluding diaryl/α,β-unsaturated/α-hetero) is 1. The first-order valence-corrected chi connectivity index (χ1v) is 4.87. The van der Waals surface area contributed by atoms with Crippen LogP contribution in [-0.4, -0.2) is 28.8 Å². The molecule has 1 aromatic rings. The Bertz CT molecular complexity index is 336. The summed E-state index contributed by atoms with van der Waals surface area (Å²) in [6, 6.07) is 0. The van der Waals surface area contributed by atoms with Gasteiger partial charge in [-0.15, -0.1) is 0 Å². The molecule has 2 heterocycles. The first-order chi connectivity index (χ1) is 6.70. The van der Waals surface area contributed by atoms with Crippen LogP contribution in [0.3, 0.4) is 0 Å². The molecule has 2 rings (SSSR count). The van der Waals surface area contributed by atoms with Crippen molar-refractivity contribution in [1.29, 1.82) is 0 Å². The number of ketones is 1. The Morgan fingerprint density at radius 1 is 1.79 bits per heavy atom. The van der Waals surface area contributed by atoms with Crippen LogP contribution in [-0.2, 0) is 11.8 Å². The Labute approximate surface area is 86.8 Å². The molecule has 1 fully saturated rings. The number of hydrogen-bond donors (Lipinski definition) is 0. The molecule has 0 bridgehead atoms. The first-order valence-electron chi connectivity index (χ1n) is 4.49. The number of aromatic nitrogens is 2. The van der Waals surface area contributed by atoms with Gasteiger partial charge in [0.25, 0.3) is 0 Å². The van der Waals surface area contributed by atoms with Gasteiger partial charge in [-0.3, -0.25) is 9.48 Å². The van der Waals surface area contributed by atoms with Crippen LogP contribution in [0.25, 0.3) is 0 Å². The van der Waals surface area contributed by atoms with Crippen molar-refractivity contribution in [3.63, 3.8) is 0 Å². The van der Waals surface area contributed by atoms with E-state index in [2.05, 4.69) is 5.10 Å². The average Bonchev–Trinajstić information content (AvgIpc) is 2.75. The molecule has 0 N–H and O–H groups in total. The third-order valence-corrected chi connectivity index (χ3v) is 2.70. The second kappa shape index (κ2) is 3.71. The molecule has 0 aromatic carbocycles. The lowest BCUT2D eigenvalue weighted by atomic mass is 10.0. The molecule has 1 saturated heterocycles. The van der Waals surface area contributed by atoms with Gasteiger partial charge in [-0.05, 0) is 6.42 Å². The smallest absolute Gasteiger partial charge is 0.187 e. The topological polar surface area (TPSA) is 44.1 Å². The summed E-state index contributed by atoms with van der Waals surface area (Å²) < 4.78 is 6.68. The number of aryl methyl sites for hydroxylation is 1. The van der Waals surface area contributed by atoms with Gasteiger partial charge in [-0.25, -0.2) is 0 Å². The number of ether oxygens (including phenoxy) is 1. The van der Waals surface area contributed by atoms with Gasteiger partial charge in [-0.2, -0.15) is 5.10 Å². The Kier molecular flexibility index (Phi) is 2.56. The van der Waals surface area contributed by atoms with E-state index >= 15 is 0 Å². The van der Waals surface area contributed by atoms with Gasteiger partial charge >= 0.3 is 0 Å². The van der Waals surface area contributed by atoms with Crippen molar-refractivity contribution < 1.29 is 9.53 Å². The Morgan fingerprint density at radius 2 is 2.57 bits per heavy atom. The molecule has 0 saturated carbocycles. The molecule has 0 spiro atoms. The molecule has 1 aliphatic heterocycles. The van der Waals surface area contributed by atoms with Crippen molar-refractivity contribution in [2.24, 2.45) is 13.0 Å². The second-order valence-electron chi connectivity index (χ2n) is 3.39. The maximum Gasteiger partial charge on any atom is 0.187 e. The van der Waals surface area contributed by atoms with E-state index in [1.54, 1.807) is 7.05 Å². The van der Waals surface area contributed by atoms with Crippen LogP contribution in [0.5, 0.6) is 0 Å². The predicted molar refractivity (Wildman–Crippen MR) is 51.5 cm³/mol. The third kappa shape index (κ3) is 1.55. The fourth-order valence-electron chi connectivity index (χ4n) is 1.62. The van der Waals surface area contributed by atoms with E-state index in [1.807, 2.05) is 0 Å². The second-order valence-corrected chi connectivity index (χ2v) is 3.80. The van der Waals surface area contributed by atoms with Gasteiger partial charge in [0.15, 0.2) is 5.78 Å². The highest BCUT2D eigenvalue weighted by Gasteiger charge is 2.28. The summed E-state index contributed by atoms with van der Waals surface area (Å²) >= 11 is 5.87. The summed E-state index contributed by atoms with van der Waals surface area (Å²) in [6.45, 7) is 1.16. The number of halogens is 1. The number of carbonyl (C=O) groups excluding carboxylic acids is 1. The third-order valence-electron chi connectivity index (χ3n) is 2.43. The summed E-state index contributed by atoms with van der Waals surface area (Å²) in [5.74, 6) is -0.0181. The molecule has 1 aliphatic rings. The lowest BCUT2D eigenvalue weighted by Crippen LogP contribution is -2.18. The zero-order chi connectivity index (χ0) is 10.1. The SMILES string of the molecule is Cn1ncc(Cl)c1C(=O)C1CCOC1. The summed E-state index contributed by atoms with van der Waals surface area (Å²) in [6.07, 6.45) is 2.27. The molecular formula is C9H11ClN2O2. The standard InChI is InChI=1S/C9H11ClN2O2/c1-12-8(7(10)4-11-12)9(13)6-2-3-14-5-6/h4,6H,2-3,5H2,1H3. The molecule has 1 unspecified atom stereocenters. The van der Waals surface area contributed by atoms with Gasteiger partial charge in [0.2, 0.25) is 0 Å². The highest BCUT2D eigenvalue weighted by molar-refractivity contribution is 6.33. The minimum absolute atomic E-state index is 0.0347. The van der Waals surface area contributed by atoms with Gasteiger partial charge in [0, 0.05) is 19.6 Å². The number of carbonyl (C=O) groups is 1. The van der Waals surface area contributed by atoms with E-state index in [4.69, 9.17) is 16.3 Å². The molecule has 1 aromatic heterocycles. The summed E-state index contributed by atoms with van der Waals surface area (Å²) in [4.78, 5) is 11.9. The van der Waals surface area contributed by atoms with Crippen molar-refractivity contribution in [1.82, 2.24) is 9.78 Å². The van der Waals surface area contributed by atoms with Crippen LogP contribution in [0.4, 0.5) is 0 Å². The molecule has 5 heteroatoms. The molecule has 14 heavy (non-hydrogen) atoms. The minimum Gasteiger partial charge on any atom is -0.381 e. The van der Waals surface area contributed by atoms with Crippen molar-refractivity contribution in [3.05, 3.63) is 16.9 Å². The fourth-order valence-corrected chi connectivity index (χ4v) is 1.88. The van der Waals surface area contributed by atoms with Gasteiger partial charge in [-0.1, -0.05) is 11.6 Å². The summed E-state index contributed by atoms with van der Waals surface area (Å²) in [5.41, 5.74) is 0.488. The van der Waals surface area contributed by atoms with Gasteiger partial charge in [0.1, 0.15) is 5.69 Å². The average molecular weight is 215 g/mol. The minimum atomic E-state index is -0.0529. The van der Waals surface area contributed by atoms with Crippen LogP contribution < -0.4 is 0 Å². The van der Waals surface area contributed by atoms with Crippen LogP contribution in [0.1, 0.15) is 16.9 Å². The lowest BCUT2D eigenvalue weighted by Gasteiger charge is -2.06. The quantitative estimate of drug-likeness (QED) is 0.697. The largest absolute Gasteiger partial charge is 0.381 e. The van der Waals surface area contributed by atoms with E-state index in [0.29, 0.717) is 23.9 Å². The Balaban J connectivity index is 2.25. The van der Waals surface area contributed by atoms with Crippen LogP contribution in [0.15, 0.2) is 6.20 Å². The van der Waals surface area contributed by atoms with Crippen LogP contribution >= 0.6 is 11.6 Å².